The summed E-state index contributed by atoms with van der Waals surface area (Å²) in [6.45, 7) is 0.246. The number of phenols is 1. The molecule has 0 spiro atoms. The summed E-state index contributed by atoms with van der Waals surface area (Å²) in [6, 6.07) is 6.24. The van der Waals surface area contributed by atoms with Crippen LogP contribution in [0.15, 0.2) is 67.1 Å². The molecule has 7 atom stereocenters. The number of aromatic nitrogens is 2. The third kappa shape index (κ3) is 15.4. The Labute approximate surface area is 373 Å². The first-order chi connectivity index (χ1) is 30.6. The molecule has 346 valence electrons. The molecule has 1 fully saturated rings. The highest BCUT2D eigenvalue weighted by Gasteiger charge is 2.39. The van der Waals surface area contributed by atoms with Gasteiger partial charge in [-0.05, 0) is 61.5 Å². The topological polar surface area (TPSA) is 327 Å². The highest BCUT2D eigenvalue weighted by atomic mass is 32.2. The van der Waals surface area contributed by atoms with E-state index in [0.717, 1.165) is 0 Å². The Balaban J connectivity index is 1.45. The first kappa shape index (κ1) is 50.1. The van der Waals surface area contributed by atoms with Gasteiger partial charge in [0, 0.05) is 37.7 Å². The highest BCUT2D eigenvalue weighted by Crippen LogP contribution is 2.21. The monoisotopic (exact) mass is 908 g/mol. The number of likely N-dealkylation sites (tertiary alicyclic amines) is 1. The number of H-pyrrole nitrogens is 1. The van der Waals surface area contributed by atoms with E-state index in [-0.39, 0.29) is 44.4 Å². The molecule has 0 bridgehead atoms. The van der Waals surface area contributed by atoms with Crippen LogP contribution in [0.2, 0.25) is 0 Å². The average Bonchev–Trinajstić information content (AvgIpc) is 4.00. The quantitative estimate of drug-likeness (QED) is 0.0457. The van der Waals surface area contributed by atoms with Gasteiger partial charge in [0.25, 0.3) is 0 Å². The van der Waals surface area contributed by atoms with Crippen molar-refractivity contribution in [1.29, 1.82) is 0 Å². The zero-order chi connectivity index (χ0) is 46.8. The van der Waals surface area contributed by atoms with Gasteiger partial charge in [0.15, 0.2) is 0 Å². The number of aliphatic hydroxyl groups is 1. The molecule has 1 aliphatic rings. The Morgan fingerprint density at radius 2 is 1.48 bits per heavy atom. The van der Waals surface area contributed by atoms with Crippen molar-refractivity contribution in [2.24, 2.45) is 5.73 Å². The number of hydrogen-bond acceptors (Lipinski definition) is 13. The molecule has 1 saturated heterocycles. The normalized spacial score (nSPS) is 16.2. The zero-order valence-corrected chi connectivity index (χ0v) is 36.3. The first-order valence-electron chi connectivity index (χ1n) is 20.6. The Morgan fingerprint density at radius 1 is 0.828 bits per heavy atom. The van der Waals surface area contributed by atoms with Crippen molar-refractivity contribution >= 4 is 59.1 Å². The molecule has 0 aliphatic carbocycles. The largest absolute Gasteiger partial charge is 0.508 e. The van der Waals surface area contributed by atoms with E-state index in [0.29, 0.717) is 29.0 Å². The molecule has 21 nitrogen and oxygen atoms in total. The van der Waals surface area contributed by atoms with E-state index < -0.39 is 103 Å². The summed E-state index contributed by atoms with van der Waals surface area (Å²) < 4.78 is 0. The number of carbonyl (C=O) groups excluding carboxylic acids is 7. The van der Waals surface area contributed by atoms with Crippen LogP contribution in [0.3, 0.4) is 0 Å². The SMILES string of the molecule is CSCC[C@H](NC(=O)[C@H](Cc1ccccc1)NC(=O)CNC(=O)[C@H](Cc1cnc[nH]1)NC(=O)[C@H](C)NC(=O)[C@@H](N)CO)C(=O)N1CCC[C@H]1C(=O)N[C@@H](Cc1ccc(O)cc1)C(=O)O. The van der Waals surface area contributed by atoms with E-state index >= 15 is 0 Å². The number of benzene rings is 2. The number of phenolic OH excluding ortho intramolecular Hbond substituents is 1. The molecular formula is C42H56N10O11S. The van der Waals surface area contributed by atoms with Crippen LogP contribution >= 0.6 is 11.8 Å². The number of imidazole rings is 1. The van der Waals surface area contributed by atoms with Crippen LogP contribution in [-0.4, -0.2) is 152 Å². The van der Waals surface area contributed by atoms with Gasteiger partial charge in [-0.25, -0.2) is 9.78 Å². The number of aliphatic carboxylic acids is 1. The first-order valence-corrected chi connectivity index (χ1v) is 22.0. The van der Waals surface area contributed by atoms with Gasteiger partial charge >= 0.3 is 5.97 Å². The summed E-state index contributed by atoms with van der Waals surface area (Å²) in [4.78, 5) is 114. The number of rotatable bonds is 24. The smallest absolute Gasteiger partial charge is 0.326 e. The van der Waals surface area contributed by atoms with Gasteiger partial charge in [-0.2, -0.15) is 11.8 Å². The molecule has 12 N–H and O–H groups in total. The Hall–Kier alpha value is -6.52. The second-order valence-corrected chi connectivity index (χ2v) is 16.2. The van der Waals surface area contributed by atoms with Crippen LogP contribution in [0.1, 0.15) is 43.0 Å². The van der Waals surface area contributed by atoms with E-state index in [4.69, 9.17) is 10.8 Å². The molecule has 4 rings (SSSR count). The Morgan fingerprint density at radius 3 is 2.12 bits per heavy atom. The van der Waals surface area contributed by atoms with E-state index in [1.54, 1.807) is 42.5 Å². The van der Waals surface area contributed by atoms with E-state index in [2.05, 4.69) is 41.9 Å². The molecular weight excluding hydrogens is 853 g/mol. The van der Waals surface area contributed by atoms with Gasteiger partial charge in [0.05, 0.1) is 19.5 Å². The van der Waals surface area contributed by atoms with E-state index in [1.807, 2.05) is 6.26 Å². The molecule has 3 aromatic rings. The number of carboxylic acids is 1. The molecule has 0 saturated carbocycles. The van der Waals surface area contributed by atoms with Crippen LogP contribution in [0.25, 0.3) is 0 Å². The van der Waals surface area contributed by atoms with Gasteiger partial charge in [-0.3, -0.25) is 33.6 Å². The molecule has 64 heavy (non-hydrogen) atoms. The number of aromatic amines is 1. The number of amides is 7. The lowest BCUT2D eigenvalue weighted by Crippen LogP contribution is -2.59. The molecule has 2 aromatic carbocycles. The molecule has 7 amide bonds. The van der Waals surface area contributed by atoms with Gasteiger partial charge in [0.1, 0.15) is 48.0 Å². The highest BCUT2D eigenvalue weighted by molar-refractivity contribution is 7.98. The number of nitrogens with one attached hydrogen (secondary N) is 7. The summed E-state index contributed by atoms with van der Waals surface area (Å²) in [6.07, 6.45) is 5.33. The van der Waals surface area contributed by atoms with Crippen molar-refractivity contribution in [3.63, 3.8) is 0 Å². The maximum Gasteiger partial charge on any atom is 0.326 e. The Kier molecular flexibility index (Phi) is 19.5. The van der Waals surface area contributed by atoms with Crippen molar-refractivity contribution in [1.82, 2.24) is 46.8 Å². The molecule has 0 radical (unpaired) electrons. The zero-order valence-electron chi connectivity index (χ0n) is 35.5. The molecule has 1 aromatic heterocycles. The lowest BCUT2D eigenvalue weighted by Gasteiger charge is -2.30. The number of carboxylic acid groups (broad SMARTS) is 1. The van der Waals surface area contributed by atoms with Gasteiger partial charge in [-0.1, -0.05) is 42.5 Å². The van der Waals surface area contributed by atoms with Crippen LogP contribution in [-0.2, 0) is 57.6 Å². The fourth-order valence-corrected chi connectivity index (χ4v) is 7.26. The van der Waals surface area contributed by atoms with Gasteiger partial charge in [-0.15, -0.1) is 0 Å². The second kappa shape index (κ2) is 24.9. The van der Waals surface area contributed by atoms with E-state index in [1.165, 1.54) is 48.2 Å². The number of carbonyl (C=O) groups is 8. The number of aromatic hydroxyl groups is 1. The summed E-state index contributed by atoms with van der Waals surface area (Å²) >= 11 is 1.42. The molecule has 2 heterocycles. The van der Waals surface area contributed by atoms with Gasteiger partial charge in [0.2, 0.25) is 41.4 Å². The maximum atomic E-state index is 14.2. The number of thioether (sulfide) groups is 1. The lowest BCUT2D eigenvalue weighted by atomic mass is 10.0. The predicted octanol–water partition coefficient (Wildman–Crippen LogP) is -2.15. The van der Waals surface area contributed by atoms with Crippen molar-refractivity contribution in [3.05, 3.63) is 83.9 Å². The second-order valence-electron chi connectivity index (χ2n) is 15.2. The molecule has 22 heteroatoms. The third-order valence-electron chi connectivity index (χ3n) is 10.3. The minimum absolute atomic E-state index is 0.000578. The third-order valence-corrected chi connectivity index (χ3v) is 11.0. The fraction of sp³-hybridized carbons (Fsp3) is 0.452. The lowest BCUT2D eigenvalue weighted by molar-refractivity contribution is -0.145. The Bertz CT molecular complexity index is 2060. The maximum absolute atomic E-state index is 14.2. The summed E-state index contributed by atoms with van der Waals surface area (Å²) in [5.41, 5.74) is 7.21. The van der Waals surface area contributed by atoms with Crippen LogP contribution < -0.4 is 37.6 Å². The number of hydrogen-bond donors (Lipinski definition) is 11. The molecule has 0 unspecified atom stereocenters. The number of nitrogens with zero attached hydrogens (tertiary/aromatic N) is 2. The summed E-state index contributed by atoms with van der Waals surface area (Å²) in [5, 5.41) is 44.0. The summed E-state index contributed by atoms with van der Waals surface area (Å²) in [5.74, 6) is -5.90. The van der Waals surface area contributed by atoms with Crippen molar-refractivity contribution < 1.29 is 53.7 Å². The fourth-order valence-electron chi connectivity index (χ4n) is 6.79. The summed E-state index contributed by atoms with van der Waals surface area (Å²) in [7, 11) is 0. The minimum Gasteiger partial charge on any atom is -0.508 e. The standard InChI is InChI=1S/C42H56N10O11S/c1-24(47-37(57)29(43)22-53)36(56)50-32(19-27-20-44-23-46-27)38(58)45-21-35(55)48-31(17-25-7-4-3-5-8-25)39(59)49-30(14-16-64-2)41(61)52-15-6-9-34(52)40(60)51-33(42(62)63)18-26-10-12-28(54)13-11-26/h3-5,7-8,10-13,20,23-24,29-34,53-54H,6,9,14-19,21-22,43H2,1-2H3,(H,44,46)(H,45,58)(H,47,57)(H,48,55)(H,49,59)(H,50,56)(H,51,60)(H,62,63)/t24-,29-,30-,31-,32-,33-,34-/m0/s1. The van der Waals surface area contributed by atoms with Crippen molar-refractivity contribution in [2.75, 3.05) is 31.7 Å². The van der Waals surface area contributed by atoms with Crippen molar-refractivity contribution in [3.8, 4) is 5.75 Å². The average molecular weight is 909 g/mol. The van der Waals surface area contributed by atoms with Crippen molar-refractivity contribution in [2.45, 2.75) is 87.7 Å². The number of aliphatic hydroxyl groups excluding tert-OH is 1. The van der Waals surface area contributed by atoms with Crippen LogP contribution in [0, 0.1) is 0 Å². The van der Waals surface area contributed by atoms with Crippen LogP contribution in [0.5, 0.6) is 5.75 Å². The van der Waals surface area contributed by atoms with E-state index in [9.17, 15) is 48.6 Å². The van der Waals surface area contributed by atoms with Gasteiger partial charge < -0.3 is 62.8 Å². The molecule has 1 aliphatic heterocycles. The minimum atomic E-state index is -1.32. The van der Waals surface area contributed by atoms with Crippen LogP contribution in [0.4, 0.5) is 0 Å². The number of nitrogens with two attached hydrogens (primary N) is 1. The predicted molar refractivity (Wildman–Crippen MR) is 233 cm³/mol.